The zero-order valence-corrected chi connectivity index (χ0v) is 19.2. The van der Waals surface area contributed by atoms with E-state index in [0.717, 1.165) is 41.7 Å². The third-order valence-electron chi connectivity index (χ3n) is 5.22. The lowest BCUT2D eigenvalue weighted by molar-refractivity contribution is -0.138. The first-order chi connectivity index (χ1) is 17.4. The van der Waals surface area contributed by atoms with Gasteiger partial charge in [0.05, 0.1) is 29.0 Å². The SMILES string of the molecule is Cn1nc(-c2csc3cnccc23)c(C(F)(F)F)c1C(=O)Nc1cnc(-n2nccn2)c(C(F)(F)F)c1. The molecule has 1 amide bonds. The van der Waals surface area contributed by atoms with Gasteiger partial charge in [-0.05, 0) is 12.1 Å². The molecule has 1 N–H and O–H groups in total. The van der Waals surface area contributed by atoms with E-state index < -0.39 is 52.3 Å². The number of carbonyl (C=O) groups excluding carboxylic acids is 1. The molecule has 16 heteroatoms. The number of pyridine rings is 2. The van der Waals surface area contributed by atoms with Crippen molar-refractivity contribution in [2.24, 2.45) is 7.05 Å². The van der Waals surface area contributed by atoms with Crippen LogP contribution in [-0.4, -0.2) is 40.6 Å². The maximum absolute atomic E-state index is 14.2. The molecule has 0 aliphatic carbocycles. The summed E-state index contributed by atoms with van der Waals surface area (Å²) < 4.78 is 85.0. The van der Waals surface area contributed by atoms with Gasteiger partial charge in [-0.25, -0.2) is 4.98 Å². The lowest BCUT2D eigenvalue weighted by Gasteiger charge is -2.14. The third kappa shape index (κ3) is 4.39. The lowest BCUT2D eigenvalue weighted by atomic mass is 10.0. The Balaban J connectivity index is 1.58. The van der Waals surface area contributed by atoms with E-state index in [-0.39, 0.29) is 5.56 Å². The molecule has 0 spiro atoms. The fourth-order valence-corrected chi connectivity index (χ4v) is 4.63. The Labute approximate surface area is 206 Å². The minimum Gasteiger partial charge on any atom is -0.319 e. The Morgan fingerprint density at radius 2 is 1.76 bits per heavy atom. The van der Waals surface area contributed by atoms with Crippen molar-refractivity contribution in [2.45, 2.75) is 12.4 Å². The van der Waals surface area contributed by atoms with Gasteiger partial charge in [0.1, 0.15) is 22.5 Å². The Bertz CT molecular complexity index is 1620. The van der Waals surface area contributed by atoms with Gasteiger partial charge in [0, 0.05) is 35.8 Å². The van der Waals surface area contributed by atoms with E-state index in [9.17, 15) is 31.1 Å². The average Bonchev–Trinajstić information content (AvgIpc) is 3.56. The maximum Gasteiger partial charge on any atom is 0.420 e. The van der Waals surface area contributed by atoms with E-state index >= 15 is 0 Å². The molecule has 0 saturated carbocycles. The molecule has 0 aromatic carbocycles. The molecule has 5 aromatic rings. The smallest absolute Gasteiger partial charge is 0.319 e. The lowest BCUT2D eigenvalue weighted by Crippen LogP contribution is -2.22. The second-order valence-electron chi connectivity index (χ2n) is 7.58. The second kappa shape index (κ2) is 8.65. The molecule has 5 heterocycles. The predicted octanol–water partition coefficient (Wildman–Crippen LogP) is 4.96. The minimum atomic E-state index is -5.01. The molecule has 0 unspecified atom stereocenters. The number of anilines is 1. The zero-order chi connectivity index (χ0) is 26.5. The number of hydrogen-bond donors (Lipinski definition) is 1. The van der Waals surface area contributed by atoms with Gasteiger partial charge in [0.15, 0.2) is 5.82 Å². The summed E-state index contributed by atoms with van der Waals surface area (Å²) in [4.78, 5) is 21.2. The molecule has 0 aliphatic heterocycles. The highest BCUT2D eigenvalue weighted by Gasteiger charge is 2.43. The van der Waals surface area contributed by atoms with Gasteiger partial charge in [0.2, 0.25) is 0 Å². The van der Waals surface area contributed by atoms with Crippen LogP contribution in [0, 0.1) is 0 Å². The van der Waals surface area contributed by atoms with Gasteiger partial charge in [-0.1, -0.05) is 0 Å². The van der Waals surface area contributed by atoms with Crippen molar-refractivity contribution in [3.05, 3.63) is 65.3 Å². The van der Waals surface area contributed by atoms with Crippen LogP contribution < -0.4 is 5.32 Å². The molecule has 190 valence electrons. The van der Waals surface area contributed by atoms with Crippen LogP contribution in [0.3, 0.4) is 0 Å². The molecule has 0 radical (unpaired) electrons. The van der Waals surface area contributed by atoms with Crippen molar-refractivity contribution < 1.29 is 31.1 Å². The topological polar surface area (TPSA) is 103 Å². The van der Waals surface area contributed by atoms with Crippen molar-refractivity contribution in [3.8, 4) is 17.1 Å². The Morgan fingerprint density at radius 1 is 1.03 bits per heavy atom. The average molecular weight is 538 g/mol. The van der Waals surface area contributed by atoms with Gasteiger partial charge in [-0.3, -0.25) is 14.5 Å². The number of aromatic nitrogens is 7. The normalized spacial score (nSPS) is 12.3. The molecule has 9 nitrogen and oxygen atoms in total. The van der Waals surface area contributed by atoms with Gasteiger partial charge >= 0.3 is 12.4 Å². The molecular formula is C21H12F6N8OS. The van der Waals surface area contributed by atoms with Crippen LogP contribution in [0.5, 0.6) is 0 Å². The first-order valence-corrected chi connectivity index (χ1v) is 11.0. The molecule has 0 atom stereocenters. The van der Waals surface area contributed by atoms with E-state index in [1.807, 2.05) is 0 Å². The number of aryl methyl sites for hydroxylation is 1. The van der Waals surface area contributed by atoms with E-state index in [1.54, 1.807) is 0 Å². The highest BCUT2D eigenvalue weighted by Crippen LogP contribution is 2.43. The summed E-state index contributed by atoms with van der Waals surface area (Å²) in [6.45, 7) is 0. The van der Waals surface area contributed by atoms with Crippen molar-refractivity contribution in [3.63, 3.8) is 0 Å². The van der Waals surface area contributed by atoms with E-state index in [4.69, 9.17) is 0 Å². The highest BCUT2D eigenvalue weighted by atomic mass is 32.1. The predicted molar refractivity (Wildman–Crippen MR) is 119 cm³/mol. The first-order valence-electron chi connectivity index (χ1n) is 10.2. The Hall–Kier alpha value is -4.34. The number of nitrogens with one attached hydrogen (secondary N) is 1. The standard InChI is InChI=1S/C21H12F6N8OS/c1-34-17(15(21(25,26)27)16(33-34)12-9-37-14-8-28-3-2-11(12)14)19(36)32-10-6-13(20(22,23)24)18(29-7-10)35-30-4-5-31-35/h2-9H,1H3,(H,32,36). The van der Waals surface area contributed by atoms with Crippen LogP contribution in [0.2, 0.25) is 0 Å². The number of nitrogens with zero attached hydrogens (tertiary/aromatic N) is 7. The Morgan fingerprint density at radius 3 is 2.43 bits per heavy atom. The van der Waals surface area contributed by atoms with Gasteiger partial charge in [-0.15, -0.1) is 16.1 Å². The van der Waals surface area contributed by atoms with Crippen molar-refractivity contribution >= 4 is 33.0 Å². The van der Waals surface area contributed by atoms with Crippen molar-refractivity contribution in [1.82, 2.24) is 34.7 Å². The van der Waals surface area contributed by atoms with Crippen LogP contribution in [0.1, 0.15) is 21.6 Å². The van der Waals surface area contributed by atoms with Crippen LogP contribution in [-0.2, 0) is 19.4 Å². The number of thiophene rings is 1. The largest absolute Gasteiger partial charge is 0.420 e. The molecule has 0 fully saturated rings. The minimum absolute atomic E-state index is 0.140. The molecule has 0 bridgehead atoms. The number of halogens is 6. The van der Waals surface area contributed by atoms with Gasteiger partial charge in [-0.2, -0.15) is 41.6 Å². The first kappa shape index (κ1) is 24.4. The summed E-state index contributed by atoms with van der Waals surface area (Å²) in [6, 6.07) is 2.06. The summed E-state index contributed by atoms with van der Waals surface area (Å²) in [7, 11) is 1.13. The van der Waals surface area contributed by atoms with E-state index in [1.165, 1.54) is 23.8 Å². The molecule has 37 heavy (non-hydrogen) atoms. The van der Waals surface area contributed by atoms with Gasteiger partial charge < -0.3 is 5.32 Å². The van der Waals surface area contributed by atoms with Crippen LogP contribution in [0.25, 0.3) is 27.2 Å². The zero-order valence-electron chi connectivity index (χ0n) is 18.3. The van der Waals surface area contributed by atoms with Gasteiger partial charge in [0.25, 0.3) is 5.91 Å². The highest BCUT2D eigenvalue weighted by molar-refractivity contribution is 7.17. The maximum atomic E-state index is 14.2. The molecular weight excluding hydrogens is 526 g/mol. The van der Waals surface area contributed by atoms with Crippen molar-refractivity contribution in [1.29, 1.82) is 0 Å². The summed E-state index contributed by atoms with van der Waals surface area (Å²) >= 11 is 1.15. The number of carbonyl (C=O) groups is 1. The fourth-order valence-electron chi connectivity index (χ4n) is 3.72. The summed E-state index contributed by atoms with van der Waals surface area (Å²) in [5.74, 6) is -2.00. The molecule has 0 aliphatic rings. The molecule has 5 aromatic heterocycles. The number of hydrogen-bond acceptors (Lipinski definition) is 7. The fraction of sp³-hybridized carbons (Fsp3) is 0.143. The molecule has 0 saturated heterocycles. The monoisotopic (exact) mass is 538 g/mol. The third-order valence-corrected chi connectivity index (χ3v) is 6.15. The number of amides is 1. The Kier molecular flexibility index (Phi) is 5.69. The van der Waals surface area contributed by atoms with E-state index in [2.05, 4.69) is 30.6 Å². The summed E-state index contributed by atoms with van der Waals surface area (Å²) in [5, 5.41) is 15.2. The number of fused-ring (bicyclic) bond motifs is 1. The van der Waals surface area contributed by atoms with Crippen LogP contribution >= 0.6 is 11.3 Å². The van der Waals surface area contributed by atoms with Crippen molar-refractivity contribution in [2.75, 3.05) is 5.32 Å². The second-order valence-corrected chi connectivity index (χ2v) is 8.49. The molecule has 5 rings (SSSR count). The quantitative estimate of drug-likeness (QED) is 0.325. The van der Waals surface area contributed by atoms with Crippen LogP contribution in [0.4, 0.5) is 32.0 Å². The van der Waals surface area contributed by atoms with E-state index in [0.29, 0.717) is 20.9 Å². The van der Waals surface area contributed by atoms with Crippen LogP contribution in [0.15, 0.2) is 48.5 Å². The number of alkyl halides is 6. The summed E-state index contributed by atoms with van der Waals surface area (Å²) in [5.41, 5.74) is -4.36. The number of rotatable bonds is 4. The summed E-state index contributed by atoms with van der Waals surface area (Å²) in [6.07, 6.45) is -3.90.